The fraction of sp³-hybridized carbons (Fsp3) is 0.524. The van der Waals surface area contributed by atoms with Gasteiger partial charge in [-0.2, -0.15) is 5.10 Å². The number of halogens is 2. The van der Waals surface area contributed by atoms with Crippen LogP contribution in [0, 0.1) is 17.8 Å². The van der Waals surface area contributed by atoms with Gasteiger partial charge >= 0.3 is 6.03 Å². The van der Waals surface area contributed by atoms with Crippen molar-refractivity contribution in [3.8, 4) is 0 Å². The van der Waals surface area contributed by atoms with E-state index in [1.807, 2.05) is 24.4 Å². The second-order valence-electron chi connectivity index (χ2n) is 8.92. The van der Waals surface area contributed by atoms with Crippen LogP contribution in [0.2, 0.25) is 10.0 Å². The fourth-order valence-corrected chi connectivity index (χ4v) is 6.31. The van der Waals surface area contributed by atoms with Gasteiger partial charge in [0.25, 0.3) is 0 Å². The molecule has 0 saturated heterocycles. The van der Waals surface area contributed by atoms with Crippen molar-refractivity contribution >= 4 is 35.1 Å². The summed E-state index contributed by atoms with van der Waals surface area (Å²) in [6.07, 6.45) is 9.35. The number of urea groups is 1. The predicted octanol–water partition coefficient (Wildman–Crippen LogP) is 5.33. The largest absolute Gasteiger partial charge is 0.332 e. The van der Waals surface area contributed by atoms with Gasteiger partial charge in [-0.15, -0.1) is 0 Å². The Morgan fingerprint density at radius 1 is 1.07 bits per heavy atom. The zero-order valence-electron chi connectivity index (χ0n) is 15.6. The minimum atomic E-state index is -0.137. The molecule has 5 nitrogen and oxygen atoms in total. The zero-order chi connectivity index (χ0) is 19.3. The summed E-state index contributed by atoms with van der Waals surface area (Å²) in [5.41, 5.74) is 1.00. The van der Waals surface area contributed by atoms with Crippen molar-refractivity contribution in [2.24, 2.45) is 17.8 Å². The van der Waals surface area contributed by atoms with Crippen LogP contribution in [0.5, 0.6) is 0 Å². The lowest BCUT2D eigenvalue weighted by atomic mass is 9.53. The number of hydrogen-bond donors (Lipinski definition) is 2. The van der Waals surface area contributed by atoms with Gasteiger partial charge in [-0.3, -0.25) is 10.00 Å². The molecule has 4 aliphatic rings. The summed E-state index contributed by atoms with van der Waals surface area (Å²) in [5.74, 6) is 2.97. The molecule has 148 valence electrons. The van der Waals surface area contributed by atoms with E-state index in [1.165, 1.54) is 19.3 Å². The van der Waals surface area contributed by atoms with E-state index in [4.69, 9.17) is 23.2 Å². The number of amides is 2. The first-order valence-corrected chi connectivity index (χ1v) is 10.8. The van der Waals surface area contributed by atoms with Crippen LogP contribution in [-0.4, -0.2) is 21.4 Å². The maximum atomic E-state index is 12.6. The Morgan fingerprint density at radius 3 is 2.39 bits per heavy atom. The Labute approximate surface area is 174 Å². The summed E-state index contributed by atoms with van der Waals surface area (Å²) >= 11 is 12.0. The highest BCUT2D eigenvalue weighted by molar-refractivity contribution is 6.42. The quantitative estimate of drug-likeness (QED) is 0.704. The lowest BCUT2D eigenvalue weighted by molar-refractivity contribution is -0.0127. The molecule has 2 amide bonds. The molecule has 4 aliphatic carbocycles. The first kappa shape index (κ1) is 18.3. The molecule has 4 bridgehead atoms. The van der Waals surface area contributed by atoms with Crippen molar-refractivity contribution in [3.05, 3.63) is 46.1 Å². The number of nitrogens with one attached hydrogen (secondary N) is 2. The van der Waals surface area contributed by atoms with Crippen molar-refractivity contribution in [2.75, 3.05) is 5.32 Å². The Kier molecular flexibility index (Phi) is 4.55. The molecule has 2 N–H and O–H groups in total. The number of anilines is 1. The molecular weight excluding hydrogens is 395 g/mol. The first-order chi connectivity index (χ1) is 13.5. The molecule has 0 unspecified atom stereocenters. The zero-order valence-corrected chi connectivity index (χ0v) is 17.1. The number of hydrogen-bond acceptors (Lipinski definition) is 2. The summed E-state index contributed by atoms with van der Waals surface area (Å²) in [6.45, 7) is 0.565. The van der Waals surface area contributed by atoms with Crippen LogP contribution >= 0.6 is 23.2 Å². The summed E-state index contributed by atoms with van der Waals surface area (Å²) in [5, 5.41) is 11.8. The van der Waals surface area contributed by atoms with E-state index in [0.717, 1.165) is 42.6 Å². The van der Waals surface area contributed by atoms with Crippen LogP contribution in [-0.2, 0) is 6.54 Å². The Hall–Kier alpha value is -1.72. The standard InChI is InChI=1S/C21H24Cl2N4O/c22-17-2-1-13(8-18(17)23)12-27-4-3-19(26-27)24-20(28)25-21-9-14-5-15(10-21)7-16(6-14)11-21/h1-4,8,14-16H,5-7,9-12H2,(H2,24,25,26,28). The molecule has 4 saturated carbocycles. The van der Waals surface area contributed by atoms with E-state index >= 15 is 0 Å². The van der Waals surface area contributed by atoms with Crippen molar-refractivity contribution in [3.63, 3.8) is 0 Å². The van der Waals surface area contributed by atoms with E-state index in [0.29, 0.717) is 22.4 Å². The maximum Gasteiger partial charge on any atom is 0.320 e. The molecule has 0 spiro atoms. The van der Waals surface area contributed by atoms with Gasteiger partial charge in [0.15, 0.2) is 5.82 Å². The fourth-order valence-electron chi connectivity index (χ4n) is 5.99. The third-order valence-electron chi connectivity index (χ3n) is 6.63. The van der Waals surface area contributed by atoms with Crippen LogP contribution in [0.4, 0.5) is 10.6 Å². The van der Waals surface area contributed by atoms with Crippen molar-refractivity contribution in [1.82, 2.24) is 15.1 Å². The number of rotatable bonds is 4. The number of carbonyl (C=O) groups is 1. The molecule has 28 heavy (non-hydrogen) atoms. The minimum absolute atomic E-state index is 0.00144. The van der Waals surface area contributed by atoms with Gasteiger partial charge in [0.2, 0.25) is 0 Å². The molecule has 6 rings (SSSR count). The second-order valence-corrected chi connectivity index (χ2v) is 9.74. The van der Waals surface area contributed by atoms with Gasteiger partial charge in [-0.25, -0.2) is 4.79 Å². The summed E-state index contributed by atoms with van der Waals surface area (Å²) in [6, 6.07) is 7.21. The molecule has 0 atom stereocenters. The molecule has 0 radical (unpaired) electrons. The van der Waals surface area contributed by atoms with Gasteiger partial charge in [-0.05, 0) is 74.0 Å². The number of carbonyl (C=O) groups excluding carboxylic acids is 1. The number of nitrogens with zero attached hydrogens (tertiary/aromatic N) is 2. The number of benzene rings is 1. The Balaban J connectivity index is 1.21. The lowest BCUT2D eigenvalue weighted by Crippen LogP contribution is -2.60. The third-order valence-corrected chi connectivity index (χ3v) is 7.37. The van der Waals surface area contributed by atoms with Crippen LogP contribution in [0.25, 0.3) is 0 Å². The van der Waals surface area contributed by atoms with Crippen molar-refractivity contribution in [1.29, 1.82) is 0 Å². The topological polar surface area (TPSA) is 59.0 Å². The number of aromatic nitrogens is 2. The monoisotopic (exact) mass is 418 g/mol. The van der Waals surface area contributed by atoms with Gasteiger partial charge in [-0.1, -0.05) is 29.3 Å². The average molecular weight is 419 g/mol. The van der Waals surface area contributed by atoms with Gasteiger partial charge in [0, 0.05) is 17.8 Å². The van der Waals surface area contributed by atoms with Gasteiger partial charge < -0.3 is 5.32 Å². The third kappa shape index (κ3) is 3.62. The smallest absolute Gasteiger partial charge is 0.320 e. The van der Waals surface area contributed by atoms with Crippen LogP contribution < -0.4 is 10.6 Å². The van der Waals surface area contributed by atoms with E-state index in [1.54, 1.807) is 10.7 Å². The van der Waals surface area contributed by atoms with E-state index in [-0.39, 0.29) is 11.6 Å². The summed E-state index contributed by atoms with van der Waals surface area (Å²) in [4.78, 5) is 12.6. The minimum Gasteiger partial charge on any atom is -0.332 e. The van der Waals surface area contributed by atoms with Crippen molar-refractivity contribution < 1.29 is 4.79 Å². The lowest BCUT2D eigenvalue weighted by Gasteiger charge is -2.56. The normalized spacial score (nSPS) is 30.4. The molecule has 1 aromatic heterocycles. The average Bonchev–Trinajstić information content (AvgIpc) is 3.03. The van der Waals surface area contributed by atoms with Gasteiger partial charge in [0.1, 0.15) is 0 Å². The predicted molar refractivity (Wildman–Crippen MR) is 111 cm³/mol. The maximum absolute atomic E-state index is 12.6. The van der Waals surface area contributed by atoms with Crippen LogP contribution in [0.3, 0.4) is 0 Å². The Morgan fingerprint density at radius 2 is 1.75 bits per heavy atom. The molecular formula is C21H24Cl2N4O. The highest BCUT2D eigenvalue weighted by Crippen LogP contribution is 2.55. The summed E-state index contributed by atoms with van der Waals surface area (Å²) < 4.78 is 1.78. The highest BCUT2D eigenvalue weighted by Gasteiger charge is 2.51. The molecule has 2 aromatic rings. The molecule has 0 aliphatic heterocycles. The first-order valence-electron chi connectivity index (χ1n) is 10.0. The highest BCUT2D eigenvalue weighted by atomic mass is 35.5. The van der Waals surface area contributed by atoms with E-state index < -0.39 is 0 Å². The van der Waals surface area contributed by atoms with E-state index in [9.17, 15) is 4.79 Å². The van der Waals surface area contributed by atoms with E-state index in [2.05, 4.69) is 15.7 Å². The van der Waals surface area contributed by atoms with Crippen LogP contribution in [0.1, 0.15) is 44.1 Å². The van der Waals surface area contributed by atoms with Crippen molar-refractivity contribution in [2.45, 2.75) is 50.6 Å². The SMILES string of the molecule is O=C(Nc1ccn(Cc2ccc(Cl)c(Cl)c2)n1)NC12CC3CC(CC(C3)C1)C2. The summed E-state index contributed by atoms with van der Waals surface area (Å²) in [7, 11) is 0. The molecule has 1 heterocycles. The second kappa shape index (κ2) is 6.96. The molecule has 4 fully saturated rings. The Bertz CT molecular complexity index is 874. The molecule has 1 aromatic carbocycles. The molecule has 7 heteroatoms. The van der Waals surface area contributed by atoms with Crippen LogP contribution in [0.15, 0.2) is 30.5 Å². The van der Waals surface area contributed by atoms with Gasteiger partial charge in [0.05, 0.1) is 16.6 Å².